The number of rotatable bonds is 3. The maximum atomic E-state index is 13.5. The van der Waals surface area contributed by atoms with Crippen LogP contribution in [-0.4, -0.2) is 9.97 Å². The number of anilines is 3. The Morgan fingerprint density at radius 1 is 1.05 bits per heavy atom. The smallest absolute Gasteiger partial charge is 0.338 e. The van der Waals surface area contributed by atoms with Crippen LogP contribution in [0.25, 0.3) is 0 Å². The molecule has 0 aliphatic heterocycles. The number of nitrogen functional groups attached to an aromatic ring is 1. The van der Waals surface area contributed by atoms with Crippen molar-refractivity contribution in [3.8, 4) is 0 Å². The number of hydrogen-bond donors (Lipinski definition) is 3. The Labute approximate surface area is 110 Å². The molecule has 0 spiro atoms. The van der Waals surface area contributed by atoms with Gasteiger partial charge in [-0.25, -0.2) is 20.2 Å². The number of nitrogens with one attached hydrogen (secondary N) is 2. The fraction of sp³-hybridized carbons (Fsp3) is 0.0909. The van der Waals surface area contributed by atoms with E-state index in [1.54, 1.807) is 0 Å². The second kappa shape index (κ2) is 5.29. The number of alkyl halides is 3. The number of nitrogens with zero attached hydrogens (tertiary/aromatic N) is 2. The third kappa shape index (κ3) is 3.12. The van der Waals surface area contributed by atoms with Crippen molar-refractivity contribution in [2.45, 2.75) is 6.18 Å². The summed E-state index contributed by atoms with van der Waals surface area (Å²) in [6.45, 7) is 0. The van der Waals surface area contributed by atoms with Crippen molar-refractivity contribution in [1.29, 1.82) is 0 Å². The number of halogens is 4. The zero-order valence-electron chi connectivity index (χ0n) is 9.87. The van der Waals surface area contributed by atoms with Gasteiger partial charge in [-0.3, -0.25) is 0 Å². The summed E-state index contributed by atoms with van der Waals surface area (Å²) in [4.78, 5) is 7.47. The molecule has 0 saturated carbocycles. The lowest BCUT2D eigenvalue weighted by Crippen LogP contribution is -2.09. The highest BCUT2D eigenvalue weighted by Gasteiger charge is 2.31. The maximum absolute atomic E-state index is 13.5. The van der Waals surface area contributed by atoms with Crippen LogP contribution >= 0.6 is 0 Å². The topological polar surface area (TPSA) is 75.9 Å². The molecule has 0 unspecified atom stereocenters. The molecule has 0 amide bonds. The molecule has 0 atom stereocenters. The van der Waals surface area contributed by atoms with Crippen molar-refractivity contribution in [2.24, 2.45) is 5.84 Å². The highest BCUT2D eigenvalue weighted by atomic mass is 19.4. The van der Waals surface area contributed by atoms with Gasteiger partial charge in [-0.15, -0.1) is 0 Å². The molecule has 0 bridgehead atoms. The van der Waals surface area contributed by atoms with Crippen LogP contribution in [0.1, 0.15) is 5.56 Å². The Bertz CT molecular complexity index is 614. The summed E-state index contributed by atoms with van der Waals surface area (Å²) in [6, 6.07) is 3.37. The standard InChI is InChI=1S/C11H9F4N5/c12-7-2-1-6(11(13,14)15)3-8(7)19-9-4-10(20-16)18-5-17-9/h1-5H,16H2,(H2,17,18,19,20). The molecular formula is C11H9F4N5. The van der Waals surface area contributed by atoms with Crippen LogP contribution in [0.3, 0.4) is 0 Å². The lowest BCUT2D eigenvalue weighted by Gasteiger charge is -2.11. The van der Waals surface area contributed by atoms with Gasteiger partial charge in [0, 0.05) is 6.07 Å². The van der Waals surface area contributed by atoms with Crippen molar-refractivity contribution in [2.75, 3.05) is 10.7 Å². The van der Waals surface area contributed by atoms with Crippen molar-refractivity contribution in [3.05, 3.63) is 42.0 Å². The summed E-state index contributed by atoms with van der Waals surface area (Å²) in [5.74, 6) is 4.63. The van der Waals surface area contributed by atoms with Crippen LogP contribution in [-0.2, 0) is 6.18 Å². The van der Waals surface area contributed by atoms with Gasteiger partial charge in [0.1, 0.15) is 23.8 Å². The van der Waals surface area contributed by atoms with E-state index in [-0.39, 0.29) is 17.3 Å². The van der Waals surface area contributed by atoms with Gasteiger partial charge in [0.2, 0.25) is 0 Å². The minimum atomic E-state index is -4.56. The number of hydrazine groups is 1. The van der Waals surface area contributed by atoms with Gasteiger partial charge >= 0.3 is 6.18 Å². The van der Waals surface area contributed by atoms with Crippen LogP contribution < -0.4 is 16.6 Å². The van der Waals surface area contributed by atoms with Gasteiger partial charge in [0.05, 0.1) is 11.3 Å². The third-order valence-electron chi connectivity index (χ3n) is 2.37. The van der Waals surface area contributed by atoms with Crippen molar-refractivity contribution in [3.63, 3.8) is 0 Å². The van der Waals surface area contributed by atoms with Crippen LogP contribution in [0, 0.1) is 5.82 Å². The van der Waals surface area contributed by atoms with Crippen molar-refractivity contribution in [1.82, 2.24) is 9.97 Å². The molecule has 0 fully saturated rings. The van der Waals surface area contributed by atoms with E-state index >= 15 is 0 Å². The van der Waals surface area contributed by atoms with Crippen molar-refractivity contribution >= 4 is 17.3 Å². The molecular weight excluding hydrogens is 278 g/mol. The van der Waals surface area contributed by atoms with Gasteiger partial charge in [-0.05, 0) is 18.2 Å². The molecule has 20 heavy (non-hydrogen) atoms. The lowest BCUT2D eigenvalue weighted by molar-refractivity contribution is -0.137. The molecule has 2 aromatic rings. The predicted octanol–water partition coefficient (Wildman–Crippen LogP) is 2.66. The molecule has 5 nitrogen and oxygen atoms in total. The first-order valence-corrected chi connectivity index (χ1v) is 5.32. The average molecular weight is 287 g/mol. The summed E-state index contributed by atoms with van der Waals surface area (Å²) < 4.78 is 51.2. The van der Waals surface area contributed by atoms with Gasteiger partial charge in [0.25, 0.3) is 0 Å². The zero-order chi connectivity index (χ0) is 14.8. The lowest BCUT2D eigenvalue weighted by atomic mass is 10.2. The van der Waals surface area contributed by atoms with E-state index in [1.807, 2.05) is 0 Å². The Morgan fingerprint density at radius 3 is 2.40 bits per heavy atom. The fourth-order valence-corrected chi connectivity index (χ4v) is 1.44. The Morgan fingerprint density at radius 2 is 1.75 bits per heavy atom. The summed E-state index contributed by atoms with van der Waals surface area (Å²) in [6.07, 6.45) is -3.43. The average Bonchev–Trinajstić information content (AvgIpc) is 2.40. The number of benzene rings is 1. The minimum absolute atomic E-state index is 0.103. The molecule has 0 saturated heterocycles. The van der Waals surface area contributed by atoms with Crippen LogP contribution in [0.4, 0.5) is 34.9 Å². The molecule has 1 aromatic heterocycles. The summed E-state index contributed by atoms with van der Waals surface area (Å²) in [5, 5.41) is 2.44. The fourth-order valence-electron chi connectivity index (χ4n) is 1.44. The van der Waals surface area contributed by atoms with Crippen LogP contribution in [0.2, 0.25) is 0 Å². The van der Waals surface area contributed by atoms with Gasteiger partial charge < -0.3 is 10.7 Å². The molecule has 0 aliphatic carbocycles. The summed E-state index contributed by atoms with van der Waals surface area (Å²) >= 11 is 0. The highest BCUT2D eigenvalue weighted by molar-refractivity contribution is 5.60. The molecule has 9 heteroatoms. The number of hydrogen-bond acceptors (Lipinski definition) is 5. The van der Waals surface area contributed by atoms with Gasteiger partial charge in [0.15, 0.2) is 0 Å². The van der Waals surface area contributed by atoms with E-state index in [2.05, 4.69) is 20.7 Å². The van der Waals surface area contributed by atoms with E-state index in [1.165, 1.54) is 6.07 Å². The van der Waals surface area contributed by atoms with Crippen molar-refractivity contribution < 1.29 is 17.6 Å². The summed E-state index contributed by atoms with van der Waals surface area (Å²) in [5.41, 5.74) is 0.928. The van der Waals surface area contributed by atoms with Gasteiger partial charge in [-0.2, -0.15) is 13.2 Å². The molecule has 1 heterocycles. The molecule has 0 radical (unpaired) electrons. The Balaban J connectivity index is 2.32. The first-order chi connectivity index (χ1) is 9.40. The van der Waals surface area contributed by atoms with E-state index in [4.69, 9.17) is 5.84 Å². The second-order valence-corrected chi connectivity index (χ2v) is 3.75. The van der Waals surface area contributed by atoms with Gasteiger partial charge in [-0.1, -0.05) is 0 Å². The first kappa shape index (κ1) is 14.0. The zero-order valence-corrected chi connectivity index (χ0v) is 9.87. The quantitative estimate of drug-likeness (QED) is 0.459. The van der Waals surface area contributed by atoms with E-state index in [0.717, 1.165) is 12.4 Å². The van der Waals surface area contributed by atoms with Crippen LogP contribution in [0.15, 0.2) is 30.6 Å². The molecule has 4 N–H and O–H groups in total. The monoisotopic (exact) mass is 287 g/mol. The summed E-state index contributed by atoms with van der Waals surface area (Å²) in [7, 11) is 0. The molecule has 1 aromatic carbocycles. The minimum Gasteiger partial charge on any atom is -0.338 e. The second-order valence-electron chi connectivity index (χ2n) is 3.75. The molecule has 106 valence electrons. The number of aromatic nitrogens is 2. The number of nitrogens with two attached hydrogens (primary N) is 1. The SMILES string of the molecule is NNc1cc(Nc2cc(C(F)(F)F)ccc2F)ncn1. The largest absolute Gasteiger partial charge is 0.416 e. The molecule has 0 aliphatic rings. The van der Waals surface area contributed by atoms with E-state index in [9.17, 15) is 17.6 Å². The third-order valence-corrected chi connectivity index (χ3v) is 2.37. The first-order valence-electron chi connectivity index (χ1n) is 5.32. The Kier molecular flexibility index (Phi) is 3.70. The Hall–Kier alpha value is -2.42. The normalized spacial score (nSPS) is 11.2. The highest BCUT2D eigenvalue weighted by Crippen LogP contribution is 2.32. The maximum Gasteiger partial charge on any atom is 0.416 e. The predicted molar refractivity (Wildman–Crippen MR) is 64.5 cm³/mol. The van der Waals surface area contributed by atoms with E-state index in [0.29, 0.717) is 12.1 Å². The van der Waals surface area contributed by atoms with Crippen LogP contribution in [0.5, 0.6) is 0 Å². The van der Waals surface area contributed by atoms with E-state index < -0.39 is 17.6 Å². The molecule has 2 rings (SSSR count).